The van der Waals surface area contributed by atoms with E-state index in [4.69, 9.17) is 5.73 Å². The minimum atomic E-state index is -0.310. The van der Waals surface area contributed by atoms with Crippen LogP contribution in [-0.2, 0) is 15.7 Å². The molecule has 1 aromatic rings. The largest absolute Gasteiger partial charge is 0.321 e. The van der Waals surface area contributed by atoms with Crippen LogP contribution in [0.3, 0.4) is 0 Å². The highest BCUT2D eigenvalue weighted by Gasteiger charge is 2.32. The quantitative estimate of drug-likeness (QED) is 0.825. The summed E-state index contributed by atoms with van der Waals surface area (Å²) >= 11 is 0. The highest BCUT2D eigenvalue weighted by atomic mass is 16.1. The topological polar surface area (TPSA) is 43.1 Å². The molecule has 2 nitrogen and oxygen atoms in total. The Morgan fingerprint density at radius 3 is 2.33 bits per heavy atom. The molecule has 2 rings (SSSR count). The summed E-state index contributed by atoms with van der Waals surface area (Å²) < 4.78 is 0. The van der Waals surface area contributed by atoms with Gasteiger partial charge in [0.25, 0.3) is 0 Å². The second-order valence-electron chi connectivity index (χ2n) is 6.53. The molecule has 0 bridgehead atoms. The van der Waals surface area contributed by atoms with E-state index in [1.165, 1.54) is 11.1 Å². The van der Waals surface area contributed by atoms with E-state index < -0.39 is 0 Å². The fourth-order valence-electron chi connectivity index (χ4n) is 2.56. The minimum Gasteiger partial charge on any atom is -0.321 e. The van der Waals surface area contributed by atoms with E-state index >= 15 is 0 Å². The van der Waals surface area contributed by atoms with Crippen molar-refractivity contribution in [3.63, 3.8) is 0 Å². The number of carbonyl (C=O) groups is 1. The van der Waals surface area contributed by atoms with E-state index in [1.807, 2.05) is 0 Å². The second-order valence-corrected chi connectivity index (χ2v) is 6.53. The van der Waals surface area contributed by atoms with Crippen molar-refractivity contribution in [3.8, 4) is 0 Å². The predicted molar refractivity (Wildman–Crippen MR) is 74.5 cm³/mol. The van der Waals surface area contributed by atoms with Gasteiger partial charge in [-0.05, 0) is 29.4 Å². The summed E-state index contributed by atoms with van der Waals surface area (Å²) in [6.45, 7) is 6.62. The molecule has 1 aromatic carbocycles. The average Bonchev–Trinajstić information content (AvgIpc) is 2.32. The molecule has 0 unspecified atom stereocenters. The molecule has 1 aliphatic carbocycles. The highest BCUT2D eigenvalue weighted by Crippen LogP contribution is 2.35. The summed E-state index contributed by atoms with van der Waals surface area (Å²) in [6, 6.07) is 8.56. The zero-order valence-corrected chi connectivity index (χ0v) is 11.6. The van der Waals surface area contributed by atoms with E-state index in [2.05, 4.69) is 45.0 Å². The molecule has 0 heterocycles. The van der Waals surface area contributed by atoms with Crippen LogP contribution in [0.1, 0.15) is 57.6 Å². The number of ketones is 1. The van der Waals surface area contributed by atoms with Crippen LogP contribution in [0.5, 0.6) is 0 Å². The maximum absolute atomic E-state index is 11.4. The number of Topliss-reactive ketones (excluding diaryl/α,β-unsaturated/α-hetero) is 1. The molecule has 98 valence electrons. The molecular weight excluding hydrogens is 222 g/mol. The molecule has 0 amide bonds. The van der Waals surface area contributed by atoms with Gasteiger partial charge in [0.1, 0.15) is 5.78 Å². The Kier molecular flexibility index (Phi) is 3.33. The molecule has 0 spiro atoms. The Morgan fingerprint density at radius 1 is 1.17 bits per heavy atom. The lowest BCUT2D eigenvalue weighted by molar-refractivity contribution is -0.121. The van der Waals surface area contributed by atoms with Crippen molar-refractivity contribution >= 4 is 5.78 Å². The van der Waals surface area contributed by atoms with E-state index in [1.54, 1.807) is 0 Å². The maximum atomic E-state index is 11.4. The third-order valence-electron chi connectivity index (χ3n) is 4.00. The smallest absolute Gasteiger partial charge is 0.133 e. The molecule has 2 heteroatoms. The fourth-order valence-corrected chi connectivity index (χ4v) is 2.56. The Hall–Kier alpha value is -1.15. The van der Waals surface area contributed by atoms with Crippen molar-refractivity contribution in [2.75, 3.05) is 0 Å². The second kappa shape index (κ2) is 4.51. The van der Waals surface area contributed by atoms with Crippen LogP contribution in [0.25, 0.3) is 0 Å². The SMILES string of the molecule is CC(C)(C)c1cccc(C2(N)CCC(=O)CC2)c1. The number of carbonyl (C=O) groups excluding carboxylic acids is 1. The molecule has 1 saturated carbocycles. The van der Waals surface area contributed by atoms with Crippen LogP contribution in [0.4, 0.5) is 0 Å². The summed E-state index contributed by atoms with van der Waals surface area (Å²) in [4.78, 5) is 11.4. The monoisotopic (exact) mass is 245 g/mol. The van der Waals surface area contributed by atoms with Gasteiger partial charge in [-0.15, -0.1) is 0 Å². The van der Waals surface area contributed by atoms with Gasteiger partial charge in [-0.1, -0.05) is 45.0 Å². The standard InChI is InChI=1S/C16H23NO/c1-15(2,3)12-5-4-6-13(11-12)16(17)9-7-14(18)8-10-16/h4-6,11H,7-10,17H2,1-3H3. The van der Waals surface area contributed by atoms with Crippen LogP contribution in [0.2, 0.25) is 0 Å². The lowest BCUT2D eigenvalue weighted by atomic mass is 9.75. The first-order chi connectivity index (χ1) is 8.31. The molecule has 0 saturated heterocycles. The van der Waals surface area contributed by atoms with Crippen molar-refractivity contribution in [2.45, 2.75) is 57.4 Å². The van der Waals surface area contributed by atoms with Crippen LogP contribution < -0.4 is 5.73 Å². The van der Waals surface area contributed by atoms with Gasteiger partial charge in [0.2, 0.25) is 0 Å². The van der Waals surface area contributed by atoms with Gasteiger partial charge in [0.15, 0.2) is 0 Å². The number of nitrogens with two attached hydrogens (primary N) is 1. The summed E-state index contributed by atoms with van der Waals surface area (Å²) in [5, 5.41) is 0. The Labute approximate surface area is 110 Å². The summed E-state index contributed by atoms with van der Waals surface area (Å²) in [7, 11) is 0. The van der Waals surface area contributed by atoms with Crippen molar-refractivity contribution in [1.82, 2.24) is 0 Å². The number of benzene rings is 1. The summed E-state index contributed by atoms with van der Waals surface area (Å²) in [5.41, 5.74) is 8.82. The Balaban J connectivity index is 2.31. The minimum absolute atomic E-state index is 0.136. The number of rotatable bonds is 1. The van der Waals surface area contributed by atoms with Gasteiger partial charge in [-0.2, -0.15) is 0 Å². The van der Waals surface area contributed by atoms with Crippen LogP contribution in [0, 0.1) is 0 Å². The van der Waals surface area contributed by atoms with Crippen molar-refractivity contribution in [1.29, 1.82) is 0 Å². The molecule has 0 aromatic heterocycles. The zero-order chi connectivity index (χ0) is 13.4. The maximum Gasteiger partial charge on any atom is 0.133 e. The first-order valence-corrected chi connectivity index (χ1v) is 6.73. The van der Waals surface area contributed by atoms with Gasteiger partial charge in [0, 0.05) is 18.4 Å². The lowest BCUT2D eigenvalue weighted by Crippen LogP contribution is -2.40. The van der Waals surface area contributed by atoms with Crippen LogP contribution >= 0.6 is 0 Å². The molecular formula is C16H23NO. The van der Waals surface area contributed by atoms with E-state index in [0.29, 0.717) is 18.6 Å². The number of hydrogen-bond acceptors (Lipinski definition) is 2. The lowest BCUT2D eigenvalue weighted by Gasteiger charge is -2.34. The molecule has 0 atom stereocenters. The molecule has 0 radical (unpaired) electrons. The van der Waals surface area contributed by atoms with Gasteiger partial charge < -0.3 is 5.73 Å². The summed E-state index contributed by atoms with van der Waals surface area (Å²) in [6.07, 6.45) is 2.80. The average molecular weight is 245 g/mol. The van der Waals surface area contributed by atoms with Crippen molar-refractivity contribution in [2.24, 2.45) is 5.73 Å². The van der Waals surface area contributed by atoms with E-state index in [0.717, 1.165) is 12.8 Å². The molecule has 2 N–H and O–H groups in total. The highest BCUT2D eigenvalue weighted by molar-refractivity contribution is 5.79. The van der Waals surface area contributed by atoms with E-state index in [9.17, 15) is 4.79 Å². The third-order valence-corrected chi connectivity index (χ3v) is 4.00. The van der Waals surface area contributed by atoms with Gasteiger partial charge in [-0.25, -0.2) is 0 Å². The normalized spacial score (nSPS) is 19.9. The number of hydrogen-bond donors (Lipinski definition) is 1. The zero-order valence-electron chi connectivity index (χ0n) is 11.6. The first-order valence-electron chi connectivity index (χ1n) is 6.73. The van der Waals surface area contributed by atoms with Gasteiger partial charge in [0.05, 0.1) is 0 Å². The third kappa shape index (κ3) is 2.64. The van der Waals surface area contributed by atoms with Crippen LogP contribution in [-0.4, -0.2) is 5.78 Å². The Morgan fingerprint density at radius 2 is 1.78 bits per heavy atom. The summed E-state index contributed by atoms with van der Waals surface area (Å²) in [5.74, 6) is 0.350. The molecule has 0 aliphatic heterocycles. The molecule has 1 fully saturated rings. The first kappa shape index (κ1) is 13.3. The van der Waals surface area contributed by atoms with Gasteiger partial charge in [-0.3, -0.25) is 4.79 Å². The van der Waals surface area contributed by atoms with Crippen LogP contribution in [0.15, 0.2) is 24.3 Å². The van der Waals surface area contributed by atoms with E-state index in [-0.39, 0.29) is 11.0 Å². The molecule has 1 aliphatic rings. The Bertz CT molecular complexity index is 446. The van der Waals surface area contributed by atoms with Gasteiger partial charge >= 0.3 is 0 Å². The van der Waals surface area contributed by atoms with Crippen molar-refractivity contribution in [3.05, 3.63) is 35.4 Å². The predicted octanol–water partition coefficient (Wildman–Crippen LogP) is 3.28. The molecule has 18 heavy (non-hydrogen) atoms. The fraction of sp³-hybridized carbons (Fsp3) is 0.562. The van der Waals surface area contributed by atoms with Crippen molar-refractivity contribution < 1.29 is 4.79 Å².